The Morgan fingerprint density at radius 3 is 2.85 bits per heavy atom. The molecule has 1 aliphatic rings. The largest absolute Gasteiger partial charge is 0.324 e. The number of amides is 2. The smallest absolute Gasteiger partial charge is 0.231 e. The zero-order valence-corrected chi connectivity index (χ0v) is 14.5. The molecular weight excluding hydrogens is 326 g/mol. The van der Waals surface area contributed by atoms with E-state index in [0.717, 1.165) is 22.2 Å². The summed E-state index contributed by atoms with van der Waals surface area (Å²) in [6, 6.07) is 17.3. The van der Waals surface area contributed by atoms with Crippen molar-refractivity contribution in [2.75, 3.05) is 16.8 Å². The molecular formula is C21H19N3O2. The Balaban J connectivity index is 1.64. The van der Waals surface area contributed by atoms with E-state index in [1.165, 1.54) is 0 Å². The molecule has 0 saturated carbocycles. The lowest BCUT2D eigenvalue weighted by molar-refractivity contribution is -0.119. The van der Waals surface area contributed by atoms with Crippen LogP contribution >= 0.6 is 0 Å². The molecule has 0 spiro atoms. The summed E-state index contributed by atoms with van der Waals surface area (Å²) in [6.45, 7) is 2.20. The van der Waals surface area contributed by atoms with Crippen LogP contribution < -0.4 is 10.2 Å². The third-order valence-corrected chi connectivity index (χ3v) is 4.66. The molecule has 5 nitrogen and oxygen atoms in total. The molecule has 1 N–H and O–H groups in total. The summed E-state index contributed by atoms with van der Waals surface area (Å²) in [5.74, 6) is -0.390. The van der Waals surface area contributed by atoms with Gasteiger partial charge in [-0.15, -0.1) is 0 Å². The van der Waals surface area contributed by atoms with Gasteiger partial charge in [0.05, 0.1) is 29.2 Å². The molecule has 26 heavy (non-hydrogen) atoms. The quantitative estimate of drug-likeness (QED) is 0.774. The number of fused-ring (bicyclic) bond motifs is 2. The molecule has 0 aliphatic carbocycles. The summed E-state index contributed by atoms with van der Waals surface area (Å²) in [6.07, 6.45) is 1.99. The Kier molecular flexibility index (Phi) is 4.13. The lowest BCUT2D eigenvalue weighted by Crippen LogP contribution is -2.36. The molecule has 0 fully saturated rings. The van der Waals surface area contributed by atoms with E-state index < -0.39 is 0 Å². The molecule has 1 aromatic heterocycles. The van der Waals surface area contributed by atoms with Gasteiger partial charge in [-0.25, -0.2) is 0 Å². The van der Waals surface area contributed by atoms with E-state index >= 15 is 0 Å². The van der Waals surface area contributed by atoms with E-state index in [2.05, 4.69) is 10.3 Å². The molecule has 1 atom stereocenters. The summed E-state index contributed by atoms with van der Waals surface area (Å²) in [4.78, 5) is 31.4. The molecule has 3 aromatic rings. The van der Waals surface area contributed by atoms with Gasteiger partial charge in [0.25, 0.3) is 0 Å². The summed E-state index contributed by atoms with van der Waals surface area (Å²) in [5.41, 5.74) is 3.19. The van der Waals surface area contributed by atoms with Crippen LogP contribution in [0.5, 0.6) is 0 Å². The third kappa shape index (κ3) is 3.04. The SMILES string of the molecule is C[C@@H]1CN(C(=O)Cc2cnc3ccccc3c2)c2ccccc2NC1=O. The lowest BCUT2D eigenvalue weighted by Gasteiger charge is -2.23. The summed E-state index contributed by atoms with van der Waals surface area (Å²) >= 11 is 0. The summed E-state index contributed by atoms with van der Waals surface area (Å²) in [7, 11) is 0. The number of carbonyl (C=O) groups excluding carboxylic acids is 2. The van der Waals surface area contributed by atoms with Crippen LogP contribution in [0.15, 0.2) is 60.8 Å². The number of hydrogen-bond acceptors (Lipinski definition) is 3. The third-order valence-electron chi connectivity index (χ3n) is 4.66. The van der Waals surface area contributed by atoms with Crippen LogP contribution in [-0.4, -0.2) is 23.3 Å². The normalized spacial score (nSPS) is 16.7. The van der Waals surface area contributed by atoms with Gasteiger partial charge in [0.15, 0.2) is 0 Å². The predicted octanol–water partition coefficient (Wildman–Crippen LogP) is 3.40. The lowest BCUT2D eigenvalue weighted by atomic mass is 10.1. The van der Waals surface area contributed by atoms with Crippen molar-refractivity contribution >= 4 is 34.1 Å². The van der Waals surface area contributed by atoms with Crippen molar-refractivity contribution in [2.45, 2.75) is 13.3 Å². The molecule has 4 rings (SSSR count). The number of hydrogen-bond donors (Lipinski definition) is 1. The highest BCUT2D eigenvalue weighted by Gasteiger charge is 2.28. The van der Waals surface area contributed by atoms with Crippen molar-refractivity contribution in [3.05, 3.63) is 66.4 Å². The predicted molar refractivity (Wildman–Crippen MR) is 102 cm³/mol. The number of nitrogens with zero attached hydrogens (tertiary/aromatic N) is 2. The van der Waals surface area contributed by atoms with Gasteiger partial charge in [0.2, 0.25) is 11.8 Å². The Bertz CT molecular complexity index is 999. The Morgan fingerprint density at radius 1 is 1.19 bits per heavy atom. The molecule has 0 unspecified atom stereocenters. The zero-order valence-electron chi connectivity index (χ0n) is 14.5. The highest BCUT2D eigenvalue weighted by atomic mass is 16.2. The van der Waals surface area contributed by atoms with E-state index in [4.69, 9.17) is 0 Å². The topological polar surface area (TPSA) is 62.3 Å². The number of pyridine rings is 1. The summed E-state index contributed by atoms with van der Waals surface area (Å²) in [5, 5.41) is 3.91. The van der Waals surface area contributed by atoms with Crippen LogP contribution in [0, 0.1) is 5.92 Å². The van der Waals surface area contributed by atoms with E-state index in [1.54, 1.807) is 11.1 Å². The van der Waals surface area contributed by atoms with Gasteiger partial charge in [-0.1, -0.05) is 37.3 Å². The number of para-hydroxylation sites is 3. The van der Waals surface area contributed by atoms with Crippen LogP contribution in [0.3, 0.4) is 0 Å². The fraction of sp³-hybridized carbons (Fsp3) is 0.190. The van der Waals surface area contributed by atoms with Gasteiger partial charge in [-0.05, 0) is 29.8 Å². The number of carbonyl (C=O) groups is 2. The minimum absolute atomic E-state index is 0.0436. The zero-order chi connectivity index (χ0) is 18.1. The first kappa shape index (κ1) is 16.3. The molecule has 2 heterocycles. The van der Waals surface area contributed by atoms with Gasteiger partial charge in [0, 0.05) is 18.1 Å². The van der Waals surface area contributed by atoms with Crippen molar-refractivity contribution < 1.29 is 9.59 Å². The molecule has 130 valence electrons. The average Bonchev–Trinajstić information content (AvgIpc) is 2.78. The average molecular weight is 345 g/mol. The van der Waals surface area contributed by atoms with Crippen LogP contribution in [-0.2, 0) is 16.0 Å². The molecule has 2 amide bonds. The second kappa shape index (κ2) is 6.59. The van der Waals surface area contributed by atoms with Crippen LogP contribution in [0.1, 0.15) is 12.5 Å². The number of benzene rings is 2. The fourth-order valence-electron chi connectivity index (χ4n) is 3.25. The molecule has 1 aliphatic heterocycles. The molecule has 2 aromatic carbocycles. The first-order chi connectivity index (χ1) is 12.6. The van der Waals surface area contributed by atoms with Gasteiger partial charge >= 0.3 is 0 Å². The number of anilines is 2. The number of aromatic nitrogens is 1. The van der Waals surface area contributed by atoms with E-state index in [-0.39, 0.29) is 24.2 Å². The van der Waals surface area contributed by atoms with Gasteiger partial charge in [0.1, 0.15) is 0 Å². The first-order valence-electron chi connectivity index (χ1n) is 8.66. The van der Waals surface area contributed by atoms with Crippen LogP contribution in [0.2, 0.25) is 0 Å². The van der Waals surface area contributed by atoms with Gasteiger partial charge in [-0.3, -0.25) is 14.6 Å². The van der Waals surface area contributed by atoms with Crippen molar-refractivity contribution in [2.24, 2.45) is 5.92 Å². The Labute approximate surface area is 151 Å². The van der Waals surface area contributed by atoms with Gasteiger partial charge in [-0.2, -0.15) is 0 Å². The van der Waals surface area contributed by atoms with Gasteiger partial charge < -0.3 is 10.2 Å². The maximum Gasteiger partial charge on any atom is 0.231 e. The van der Waals surface area contributed by atoms with Crippen molar-refractivity contribution in [3.8, 4) is 0 Å². The van der Waals surface area contributed by atoms with E-state index in [9.17, 15) is 9.59 Å². The Morgan fingerprint density at radius 2 is 1.96 bits per heavy atom. The van der Waals surface area contributed by atoms with E-state index in [1.807, 2.05) is 61.5 Å². The fourth-order valence-corrected chi connectivity index (χ4v) is 3.25. The second-order valence-corrected chi connectivity index (χ2v) is 6.62. The van der Waals surface area contributed by atoms with Crippen molar-refractivity contribution in [1.29, 1.82) is 0 Å². The maximum absolute atomic E-state index is 13.0. The highest BCUT2D eigenvalue weighted by molar-refractivity contribution is 6.05. The Hall–Kier alpha value is -3.21. The van der Waals surface area contributed by atoms with Crippen LogP contribution in [0.25, 0.3) is 10.9 Å². The van der Waals surface area contributed by atoms with Crippen molar-refractivity contribution in [3.63, 3.8) is 0 Å². The molecule has 0 saturated heterocycles. The minimum atomic E-state index is -0.277. The van der Waals surface area contributed by atoms with E-state index in [0.29, 0.717) is 12.2 Å². The first-order valence-corrected chi connectivity index (χ1v) is 8.66. The minimum Gasteiger partial charge on any atom is -0.324 e. The second-order valence-electron chi connectivity index (χ2n) is 6.62. The summed E-state index contributed by atoms with van der Waals surface area (Å²) < 4.78 is 0. The monoisotopic (exact) mass is 345 g/mol. The van der Waals surface area contributed by atoms with Crippen LogP contribution in [0.4, 0.5) is 11.4 Å². The molecule has 0 bridgehead atoms. The van der Waals surface area contributed by atoms with Crippen molar-refractivity contribution in [1.82, 2.24) is 4.98 Å². The standard InChI is InChI=1S/C21H19N3O2/c1-14-13-24(19-9-5-4-8-18(19)23-21(14)26)20(25)11-15-10-16-6-2-3-7-17(16)22-12-15/h2-10,12,14H,11,13H2,1H3,(H,23,26)/t14-/m1/s1. The highest BCUT2D eigenvalue weighted by Crippen LogP contribution is 2.30. The molecule has 5 heteroatoms. The molecule has 0 radical (unpaired) electrons. The number of nitrogens with one attached hydrogen (secondary N) is 1. The maximum atomic E-state index is 13.0. The number of rotatable bonds is 2.